The van der Waals surface area contributed by atoms with Crippen molar-refractivity contribution in [2.45, 2.75) is 135 Å². The summed E-state index contributed by atoms with van der Waals surface area (Å²) >= 11 is 0. The van der Waals surface area contributed by atoms with E-state index in [9.17, 15) is 14.7 Å². The first-order valence-electron chi connectivity index (χ1n) is 15.9. The molecule has 1 amide bonds. The lowest BCUT2D eigenvalue weighted by atomic mass is 9.88. The number of nitrogens with one attached hydrogen (secondary N) is 1. The summed E-state index contributed by atoms with van der Waals surface area (Å²) in [7, 11) is 1.33. The first-order chi connectivity index (χ1) is 20.2. The Balaban J connectivity index is 1.34. The van der Waals surface area contributed by atoms with Gasteiger partial charge in [-0.25, -0.2) is 4.79 Å². The Bertz CT molecular complexity index is 1090. The highest BCUT2D eigenvalue weighted by Gasteiger charge is 2.60. The van der Waals surface area contributed by atoms with E-state index in [0.717, 1.165) is 12.8 Å². The van der Waals surface area contributed by atoms with E-state index in [1.54, 1.807) is 20.8 Å². The molecule has 3 fully saturated rings. The largest absolute Gasteiger partial charge is 0.469 e. The van der Waals surface area contributed by atoms with Gasteiger partial charge in [0.15, 0.2) is 0 Å². The van der Waals surface area contributed by atoms with Crippen LogP contribution in [0.25, 0.3) is 0 Å². The minimum absolute atomic E-state index is 0.0339. The molecular formula is C34H53NO8. The molecule has 3 aliphatic heterocycles. The Kier molecular flexibility index (Phi) is 10.5. The molecule has 12 atom stereocenters. The topological polar surface area (TPSA) is 116 Å². The van der Waals surface area contributed by atoms with Crippen LogP contribution in [0.3, 0.4) is 0 Å². The van der Waals surface area contributed by atoms with Crippen LogP contribution in [-0.4, -0.2) is 78.1 Å². The third-order valence-electron chi connectivity index (χ3n) is 9.48. The number of methoxy groups -OCH3 is 1. The lowest BCUT2D eigenvalue weighted by Gasteiger charge is -2.38. The molecule has 9 nitrogen and oxygen atoms in total. The van der Waals surface area contributed by atoms with Crippen LogP contribution < -0.4 is 5.32 Å². The molecule has 0 aromatic carbocycles. The Morgan fingerprint density at radius 2 is 1.91 bits per heavy atom. The van der Waals surface area contributed by atoms with E-state index in [1.807, 2.05) is 6.08 Å². The van der Waals surface area contributed by atoms with Gasteiger partial charge in [0, 0.05) is 5.92 Å². The van der Waals surface area contributed by atoms with Crippen LogP contribution in [0.1, 0.15) is 81.1 Å². The van der Waals surface area contributed by atoms with Crippen molar-refractivity contribution in [1.82, 2.24) is 5.32 Å². The number of ether oxygens (including phenoxy) is 5. The fraction of sp³-hybridized carbons (Fsp3) is 0.765. The lowest BCUT2D eigenvalue weighted by Crippen LogP contribution is -2.56. The molecule has 1 aliphatic carbocycles. The van der Waals surface area contributed by atoms with Crippen molar-refractivity contribution in [3.05, 3.63) is 36.0 Å². The summed E-state index contributed by atoms with van der Waals surface area (Å²) in [6, 6.07) is -0.630. The van der Waals surface area contributed by atoms with Crippen molar-refractivity contribution >= 4 is 12.1 Å². The van der Waals surface area contributed by atoms with Crippen LogP contribution in [0.15, 0.2) is 36.0 Å². The van der Waals surface area contributed by atoms with Gasteiger partial charge in [-0.15, -0.1) is 0 Å². The summed E-state index contributed by atoms with van der Waals surface area (Å²) in [5.41, 5.74) is 0.381. The number of hydrogen-bond donors (Lipinski definition) is 2. The fourth-order valence-corrected chi connectivity index (χ4v) is 6.65. The number of aliphatic hydroxyl groups is 1. The SMILES string of the molecule is CC[C@H]1O[C@@H](C2(C)OC2[C@H](C)/C=C/[C@H]2[C@@H](C)[C@@H]2/C=C/[C@@H]2O[C@H](CC(=O)OC)C[C@H](NC(=O)OC(C)(C)C)[C@H]2O)CC=C1C. The Labute approximate surface area is 257 Å². The summed E-state index contributed by atoms with van der Waals surface area (Å²) < 4.78 is 29.0. The van der Waals surface area contributed by atoms with Gasteiger partial charge in [-0.3, -0.25) is 4.79 Å². The molecule has 2 saturated heterocycles. The molecule has 0 spiro atoms. The number of rotatable bonds is 10. The van der Waals surface area contributed by atoms with Crippen LogP contribution in [0.4, 0.5) is 4.79 Å². The van der Waals surface area contributed by atoms with Crippen LogP contribution in [-0.2, 0) is 28.5 Å². The number of esters is 1. The molecular weight excluding hydrogens is 550 g/mol. The van der Waals surface area contributed by atoms with Gasteiger partial charge >= 0.3 is 12.1 Å². The first kappa shape index (κ1) is 33.7. The molecule has 0 aromatic rings. The predicted molar refractivity (Wildman–Crippen MR) is 163 cm³/mol. The van der Waals surface area contributed by atoms with E-state index in [1.165, 1.54) is 12.7 Å². The quantitative estimate of drug-likeness (QED) is 0.197. The van der Waals surface area contributed by atoms with E-state index in [0.29, 0.717) is 17.8 Å². The monoisotopic (exact) mass is 603 g/mol. The molecule has 242 valence electrons. The highest BCUT2D eigenvalue weighted by atomic mass is 16.6. The third kappa shape index (κ3) is 8.29. The van der Waals surface area contributed by atoms with Crippen LogP contribution >= 0.6 is 0 Å². The molecule has 2 unspecified atom stereocenters. The maximum atomic E-state index is 12.5. The first-order valence-corrected chi connectivity index (χ1v) is 15.9. The molecule has 0 aromatic heterocycles. The molecule has 1 saturated carbocycles. The number of hydrogen-bond acceptors (Lipinski definition) is 8. The Morgan fingerprint density at radius 1 is 1.21 bits per heavy atom. The standard InChI is InChI=1S/C34H53NO8/c1-10-26-19(2)12-16-28(41-26)34(8)31(42-34)20(3)11-13-23-21(4)24(23)14-15-27-30(37)25(35-32(38)43-33(5,6)7)17-22(40-27)18-29(36)39-9/h11-15,20-28,30-31,37H,10,16-18H2,1-9H3,(H,35,38)/b13-11+,15-14+/t20-,21-,22+,23+,24+,25+,26-,27+,28-,30-,31?,34?/m1/s1. The predicted octanol–water partition coefficient (Wildman–Crippen LogP) is 5.26. The maximum absolute atomic E-state index is 12.5. The summed E-state index contributed by atoms with van der Waals surface area (Å²) in [6.45, 7) is 16.2. The Morgan fingerprint density at radius 3 is 2.56 bits per heavy atom. The number of carbonyl (C=O) groups excluding carboxylic acids is 2. The Hall–Kier alpha value is -2.20. The van der Waals surface area contributed by atoms with Crippen LogP contribution in [0, 0.1) is 23.7 Å². The zero-order chi connectivity index (χ0) is 31.7. The summed E-state index contributed by atoms with van der Waals surface area (Å²) in [6.07, 6.45) is 10.6. The summed E-state index contributed by atoms with van der Waals surface area (Å²) in [4.78, 5) is 24.4. The number of epoxide rings is 1. The number of allylic oxidation sites excluding steroid dienone is 2. The number of amides is 1. The molecule has 9 heteroatoms. The van der Waals surface area contributed by atoms with Crippen molar-refractivity contribution in [3.8, 4) is 0 Å². The average Bonchev–Trinajstić information content (AvgIpc) is 3.81. The lowest BCUT2D eigenvalue weighted by molar-refractivity contribution is -0.151. The van der Waals surface area contributed by atoms with Gasteiger partial charge < -0.3 is 34.1 Å². The van der Waals surface area contributed by atoms with Crippen molar-refractivity contribution < 1.29 is 38.4 Å². The van der Waals surface area contributed by atoms with E-state index in [-0.39, 0.29) is 42.7 Å². The van der Waals surface area contributed by atoms with Crippen molar-refractivity contribution in [2.75, 3.05) is 7.11 Å². The molecule has 4 rings (SSSR count). The summed E-state index contributed by atoms with van der Waals surface area (Å²) in [5.74, 6) is 1.00. The zero-order valence-electron chi connectivity index (χ0n) is 27.4. The van der Waals surface area contributed by atoms with E-state index in [4.69, 9.17) is 23.7 Å². The van der Waals surface area contributed by atoms with Crippen molar-refractivity contribution in [3.63, 3.8) is 0 Å². The van der Waals surface area contributed by atoms with Gasteiger partial charge in [0.2, 0.25) is 0 Å². The number of alkyl carbamates (subject to hydrolysis) is 1. The highest BCUT2D eigenvalue weighted by Crippen LogP contribution is 2.51. The average molecular weight is 604 g/mol. The third-order valence-corrected chi connectivity index (χ3v) is 9.48. The van der Waals surface area contributed by atoms with Crippen LogP contribution in [0.2, 0.25) is 0 Å². The zero-order valence-corrected chi connectivity index (χ0v) is 27.4. The fourth-order valence-electron chi connectivity index (χ4n) is 6.65. The van der Waals surface area contributed by atoms with E-state index < -0.39 is 42.0 Å². The van der Waals surface area contributed by atoms with Gasteiger partial charge in [0.25, 0.3) is 0 Å². The van der Waals surface area contributed by atoms with E-state index >= 15 is 0 Å². The second kappa shape index (κ2) is 13.4. The molecule has 2 N–H and O–H groups in total. The smallest absolute Gasteiger partial charge is 0.407 e. The molecule has 43 heavy (non-hydrogen) atoms. The minimum Gasteiger partial charge on any atom is -0.469 e. The van der Waals surface area contributed by atoms with Gasteiger partial charge in [0.1, 0.15) is 23.4 Å². The van der Waals surface area contributed by atoms with Gasteiger partial charge in [-0.1, -0.05) is 51.2 Å². The normalized spacial score (nSPS) is 40.2. The van der Waals surface area contributed by atoms with E-state index in [2.05, 4.69) is 64.2 Å². The highest BCUT2D eigenvalue weighted by molar-refractivity contribution is 5.70. The van der Waals surface area contributed by atoms with Crippen LogP contribution in [0.5, 0.6) is 0 Å². The molecule has 4 aliphatic rings. The van der Waals surface area contributed by atoms with Gasteiger partial charge in [-0.2, -0.15) is 0 Å². The van der Waals surface area contributed by atoms with Gasteiger partial charge in [0.05, 0.1) is 44.0 Å². The maximum Gasteiger partial charge on any atom is 0.407 e. The van der Waals surface area contributed by atoms with Gasteiger partial charge in [-0.05, 0) is 77.2 Å². The second-order valence-electron chi connectivity index (χ2n) is 14.1. The second-order valence-corrected chi connectivity index (χ2v) is 14.1. The minimum atomic E-state index is -0.988. The number of carbonyl (C=O) groups is 2. The van der Waals surface area contributed by atoms with Crippen molar-refractivity contribution in [2.24, 2.45) is 23.7 Å². The molecule has 3 heterocycles. The van der Waals surface area contributed by atoms with Crippen molar-refractivity contribution in [1.29, 1.82) is 0 Å². The molecule has 0 bridgehead atoms. The number of aliphatic hydroxyl groups excluding tert-OH is 1. The molecule has 0 radical (unpaired) electrons. The summed E-state index contributed by atoms with van der Waals surface area (Å²) in [5, 5.41) is 13.9.